The Hall–Kier alpha value is -2.48. The smallest absolute Gasteiger partial charge is 0.251 e. The van der Waals surface area contributed by atoms with Crippen LogP contribution in [-0.4, -0.2) is 48.4 Å². The quantitative estimate of drug-likeness (QED) is 0.822. The van der Waals surface area contributed by atoms with E-state index < -0.39 is 9.84 Å². The number of carbonyl (C=O) groups excluding carboxylic acids is 1. The number of carbonyl (C=O) groups is 1. The van der Waals surface area contributed by atoms with Crippen LogP contribution < -0.4 is 10.2 Å². The number of aromatic nitrogens is 2. The van der Waals surface area contributed by atoms with Crippen molar-refractivity contribution in [3.63, 3.8) is 0 Å². The van der Waals surface area contributed by atoms with Gasteiger partial charge in [0.15, 0.2) is 9.84 Å². The molecule has 1 fully saturated rings. The molecule has 0 saturated carbocycles. The Morgan fingerprint density at radius 2 is 2.19 bits per heavy atom. The molecule has 3 rings (SSSR count). The number of nitrogens with zero attached hydrogens (tertiary/aromatic N) is 3. The number of hydrogen-bond acceptors (Lipinski definition) is 6. The number of rotatable bonds is 6. The number of nitrogens with one attached hydrogen (secondary N) is 1. The van der Waals surface area contributed by atoms with Gasteiger partial charge in [0.25, 0.3) is 5.91 Å². The van der Waals surface area contributed by atoms with Crippen LogP contribution in [0.2, 0.25) is 0 Å². The van der Waals surface area contributed by atoms with Gasteiger partial charge in [0, 0.05) is 43.3 Å². The molecule has 1 unspecified atom stereocenters. The molecule has 1 saturated heterocycles. The van der Waals surface area contributed by atoms with Crippen molar-refractivity contribution < 1.29 is 13.2 Å². The van der Waals surface area contributed by atoms with Crippen molar-refractivity contribution in [3.8, 4) is 0 Å². The van der Waals surface area contributed by atoms with Crippen LogP contribution in [0.25, 0.3) is 0 Å². The predicted molar refractivity (Wildman–Crippen MR) is 99.7 cm³/mol. The van der Waals surface area contributed by atoms with Crippen LogP contribution in [0.15, 0.2) is 42.9 Å². The second-order valence-corrected chi connectivity index (χ2v) is 8.52. The van der Waals surface area contributed by atoms with Gasteiger partial charge in [0.1, 0.15) is 5.82 Å². The zero-order valence-corrected chi connectivity index (χ0v) is 15.4. The summed E-state index contributed by atoms with van der Waals surface area (Å²) in [7, 11) is -2.98. The number of amides is 1. The second kappa shape index (κ2) is 7.82. The van der Waals surface area contributed by atoms with E-state index in [4.69, 9.17) is 0 Å². The lowest BCUT2D eigenvalue weighted by atomic mass is 10.2. The molecule has 0 bridgehead atoms. The molecule has 2 aromatic rings. The minimum atomic E-state index is -2.98. The van der Waals surface area contributed by atoms with Gasteiger partial charge in [-0.3, -0.25) is 9.78 Å². The van der Waals surface area contributed by atoms with E-state index in [2.05, 4.69) is 15.3 Å². The van der Waals surface area contributed by atoms with Crippen LogP contribution in [0.3, 0.4) is 0 Å². The highest BCUT2D eigenvalue weighted by atomic mass is 32.2. The molecule has 7 nitrogen and oxygen atoms in total. The van der Waals surface area contributed by atoms with Crippen molar-refractivity contribution >= 4 is 21.6 Å². The maximum atomic E-state index is 12.4. The first-order valence-corrected chi connectivity index (χ1v) is 10.4. The summed E-state index contributed by atoms with van der Waals surface area (Å²) in [5.74, 6) is 0.774. The molecular formula is C18H22N4O3S. The highest BCUT2D eigenvalue weighted by Gasteiger charge is 2.32. The van der Waals surface area contributed by atoms with Gasteiger partial charge in [0.05, 0.1) is 11.5 Å². The average Bonchev–Trinajstić information content (AvgIpc) is 3.01. The third-order valence-electron chi connectivity index (χ3n) is 4.47. The van der Waals surface area contributed by atoms with Gasteiger partial charge in [-0.15, -0.1) is 0 Å². The van der Waals surface area contributed by atoms with Gasteiger partial charge < -0.3 is 10.2 Å². The summed E-state index contributed by atoms with van der Waals surface area (Å²) in [6.45, 7) is 2.98. The van der Waals surface area contributed by atoms with Crippen LogP contribution in [0.5, 0.6) is 0 Å². The van der Waals surface area contributed by atoms with Gasteiger partial charge >= 0.3 is 0 Å². The van der Waals surface area contributed by atoms with Crippen LogP contribution in [0.4, 0.5) is 5.82 Å². The molecule has 8 heteroatoms. The summed E-state index contributed by atoms with van der Waals surface area (Å²) >= 11 is 0. The minimum Gasteiger partial charge on any atom is -0.353 e. The van der Waals surface area contributed by atoms with Crippen molar-refractivity contribution in [2.24, 2.45) is 0 Å². The number of pyridine rings is 2. The Kier molecular flexibility index (Phi) is 5.51. The maximum Gasteiger partial charge on any atom is 0.251 e. The normalized spacial score (nSPS) is 18.4. The molecule has 2 aromatic heterocycles. The summed E-state index contributed by atoms with van der Waals surface area (Å²) in [5, 5.41) is 2.86. The molecule has 1 atom stereocenters. The molecule has 1 aliphatic heterocycles. The van der Waals surface area contributed by atoms with E-state index in [0.29, 0.717) is 30.9 Å². The van der Waals surface area contributed by atoms with E-state index in [1.165, 1.54) is 0 Å². The molecule has 0 radical (unpaired) electrons. The number of sulfone groups is 1. The van der Waals surface area contributed by atoms with Crippen LogP contribution in [-0.2, 0) is 16.4 Å². The van der Waals surface area contributed by atoms with Crippen molar-refractivity contribution in [2.75, 3.05) is 23.0 Å². The summed E-state index contributed by atoms with van der Waals surface area (Å²) < 4.78 is 23.5. The molecule has 26 heavy (non-hydrogen) atoms. The van der Waals surface area contributed by atoms with Crippen molar-refractivity contribution in [1.29, 1.82) is 0 Å². The monoisotopic (exact) mass is 374 g/mol. The van der Waals surface area contributed by atoms with E-state index in [1.807, 2.05) is 24.0 Å². The van der Waals surface area contributed by atoms with Gasteiger partial charge in [-0.2, -0.15) is 0 Å². The zero-order valence-electron chi connectivity index (χ0n) is 14.6. The summed E-state index contributed by atoms with van der Waals surface area (Å²) in [5.41, 5.74) is 1.42. The molecule has 138 valence electrons. The third kappa shape index (κ3) is 4.37. The second-order valence-electron chi connectivity index (χ2n) is 6.29. The highest BCUT2D eigenvalue weighted by Crippen LogP contribution is 2.23. The van der Waals surface area contributed by atoms with Crippen molar-refractivity contribution in [3.05, 3.63) is 54.0 Å². The molecular weight excluding hydrogens is 352 g/mol. The Morgan fingerprint density at radius 3 is 2.85 bits per heavy atom. The maximum absolute atomic E-state index is 12.4. The molecule has 1 amide bonds. The zero-order chi connectivity index (χ0) is 18.6. The fourth-order valence-corrected chi connectivity index (χ4v) is 4.86. The van der Waals surface area contributed by atoms with Crippen molar-refractivity contribution in [1.82, 2.24) is 15.3 Å². The third-order valence-corrected chi connectivity index (χ3v) is 6.22. The Morgan fingerprint density at radius 1 is 1.35 bits per heavy atom. The van der Waals surface area contributed by atoms with E-state index in [-0.39, 0.29) is 23.5 Å². The molecule has 1 aliphatic rings. The van der Waals surface area contributed by atoms with Crippen LogP contribution in [0.1, 0.15) is 29.3 Å². The lowest BCUT2D eigenvalue weighted by Gasteiger charge is -2.28. The first kappa shape index (κ1) is 18.3. The van der Waals surface area contributed by atoms with E-state index >= 15 is 0 Å². The summed E-state index contributed by atoms with van der Waals surface area (Å²) in [6, 6.07) is 6.99. The molecule has 0 spiro atoms. The Balaban J connectivity index is 1.71. The lowest BCUT2D eigenvalue weighted by Crippen LogP contribution is -2.37. The highest BCUT2D eigenvalue weighted by molar-refractivity contribution is 7.91. The van der Waals surface area contributed by atoms with E-state index in [1.54, 1.807) is 30.7 Å². The van der Waals surface area contributed by atoms with Gasteiger partial charge in [-0.05, 0) is 37.1 Å². The molecule has 3 heterocycles. The predicted octanol–water partition coefficient (Wildman–Crippen LogP) is 1.42. The SMILES string of the molecule is CCN(c1cc(C(=O)NCc2cccnc2)ccn1)C1CCS(=O)(=O)C1. The topological polar surface area (TPSA) is 92.3 Å². The van der Waals surface area contributed by atoms with Crippen molar-refractivity contribution in [2.45, 2.75) is 25.9 Å². The summed E-state index contributed by atoms with van der Waals surface area (Å²) in [4.78, 5) is 22.8. The first-order valence-electron chi connectivity index (χ1n) is 8.59. The van der Waals surface area contributed by atoms with Gasteiger partial charge in [-0.1, -0.05) is 6.07 Å². The lowest BCUT2D eigenvalue weighted by molar-refractivity contribution is 0.0950. The standard InChI is InChI=1S/C18H22N4O3S/c1-2-22(16-6-9-26(24,25)13-16)17-10-15(5-8-20-17)18(23)21-12-14-4-3-7-19-11-14/h3-5,7-8,10-11,16H,2,6,9,12-13H2,1H3,(H,21,23). The summed E-state index contributed by atoms with van der Waals surface area (Å²) in [6.07, 6.45) is 5.57. The minimum absolute atomic E-state index is 0.0915. The first-order chi connectivity index (χ1) is 12.5. The van der Waals surface area contributed by atoms with Gasteiger partial charge in [0.2, 0.25) is 0 Å². The van der Waals surface area contributed by atoms with Crippen LogP contribution in [0, 0.1) is 0 Å². The Bertz CT molecular complexity index is 871. The van der Waals surface area contributed by atoms with E-state index in [9.17, 15) is 13.2 Å². The number of anilines is 1. The largest absolute Gasteiger partial charge is 0.353 e. The Labute approximate surface area is 153 Å². The fourth-order valence-electron chi connectivity index (χ4n) is 3.13. The molecule has 1 N–H and O–H groups in total. The van der Waals surface area contributed by atoms with Gasteiger partial charge in [-0.25, -0.2) is 13.4 Å². The van der Waals surface area contributed by atoms with Crippen LogP contribution >= 0.6 is 0 Å². The number of hydrogen-bond donors (Lipinski definition) is 1. The molecule has 0 aliphatic carbocycles. The molecule has 0 aromatic carbocycles. The average molecular weight is 374 g/mol. The van der Waals surface area contributed by atoms with E-state index in [0.717, 1.165) is 5.56 Å². The fraction of sp³-hybridized carbons (Fsp3) is 0.389.